The van der Waals surface area contributed by atoms with Crippen LogP contribution in [0.1, 0.15) is 31.1 Å². The van der Waals surface area contributed by atoms with E-state index in [0.29, 0.717) is 10.8 Å². The van der Waals surface area contributed by atoms with Gasteiger partial charge in [-0.1, -0.05) is 25.4 Å². The molecule has 0 saturated carbocycles. The minimum atomic E-state index is 0.249. The van der Waals surface area contributed by atoms with Crippen molar-refractivity contribution in [1.82, 2.24) is 0 Å². The Morgan fingerprint density at radius 3 is 2.73 bits per heavy atom. The summed E-state index contributed by atoms with van der Waals surface area (Å²) in [5, 5.41) is 10.6. The van der Waals surface area contributed by atoms with E-state index in [4.69, 9.17) is 21.3 Å². The third kappa shape index (κ3) is 1.60. The Hall–Kier alpha value is -1.46. The van der Waals surface area contributed by atoms with Crippen molar-refractivity contribution in [3.8, 4) is 6.07 Å². The molecule has 0 aliphatic carbocycles. The molecular weight excluding hydrogens is 210 g/mol. The number of nitrogens with zero attached hydrogens (tertiary/aromatic N) is 1. The molecule has 1 aromatic carbocycles. The topological polar surface area (TPSA) is 36.9 Å². The molecule has 0 fully saturated rings. The molecule has 0 aliphatic heterocycles. The van der Waals surface area contributed by atoms with Gasteiger partial charge in [-0.25, -0.2) is 0 Å². The van der Waals surface area contributed by atoms with Gasteiger partial charge in [0.25, 0.3) is 0 Å². The van der Waals surface area contributed by atoms with Crippen LogP contribution in [0.15, 0.2) is 22.6 Å². The quantitative estimate of drug-likeness (QED) is 0.725. The molecule has 0 bridgehead atoms. The highest BCUT2D eigenvalue weighted by atomic mass is 35.5. The molecule has 2 rings (SSSR count). The van der Waals surface area contributed by atoms with Crippen molar-refractivity contribution in [3.63, 3.8) is 0 Å². The number of benzene rings is 1. The summed E-state index contributed by atoms with van der Waals surface area (Å²) in [4.78, 5) is 0. The molecule has 2 aromatic rings. The van der Waals surface area contributed by atoms with Gasteiger partial charge in [-0.2, -0.15) is 5.26 Å². The number of halogens is 1. The van der Waals surface area contributed by atoms with Gasteiger partial charge in [-0.15, -0.1) is 0 Å². The number of hydrogen-bond donors (Lipinski definition) is 0. The van der Waals surface area contributed by atoms with Crippen LogP contribution in [0, 0.1) is 11.3 Å². The van der Waals surface area contributed by atoms with Crippen LogP contribution in [-0.4, -0.2) is 0 Å². The molecule has 2 nitrogen and oxygen atoms in total. The van der Waals surface area contributed by atoms with Gasteiger partial charge in [0.05, 0.1) is 0 Å². The third-order valence-corrected chi connectivity index (χ3v) is 2.60. The lowest BCUT2D eigenvalue weighted by molar-refractivity contribution is 0.589. The van der Waals surface area contributed by atoms with Crippen LogP contribution in [0.3, 0.4) is 0 Å². The Labute approximate surface area is 93.1 Å². The average molecular weight is 220 g/mol. The van der Waals surface area contributed by atoms with Crippen LogP contribution in [0.5, 0.6) is 0 Å². The number of fused-ring (bicyclic) bond motifs is 1. The van der Waals surface area contributed by atoms with E-state index in [1.54, 1.807) is 12.1 Å². The zero-order valence-corrected chi connectivity index (χ0v) is 9.30. The molecular formula is C12H10ClNO. The van der Waals surface area contributed by atoms with Gasteiger partial charge >= 0.3 is 0 Å². The van der Waals surface area contributed by atoms with E-state index in [1.165, 1.54) is 0 Å². The van der Waals surface area contributed by atoms with Crippen LogP contribution in [0.25, 0.3) is 11.0 Å². The lowest BCUT2D eigenvalue weighted by Gasteiger charge is -2.01. The molecule has 0 amide bonds. The molecule has 1 aromatic heterocycles. The summed E-state index contributed by atoms with van der Waals surface area (Å²) in [6.45, 7) is 4.07. The minimum absolute atomic E-state index is 0.249. The fourth-order valence-corrected chi connectivity index (χ4v) is 1.92. The van der Waals surface area contributed by atoms with Gasteiger partial charge in [-0.3, -0.25) is 0 Å². The Balaban J connectivity index is 2.84. The molecule has 0 saturated heterocycles. The maximum atomic E-state index is 8.96. The molecule has 76 valence electrons. The summed E-state index contributed by atoms with van der Waals surface area (Å²) in [6, 6.07) is 7.48. The molecule has 0 aliphatic rings. The van der Waals surface area contributed by atoms with E-state index in [1.807, 2.05) is 19.9 Å². The van der Waals surface area contributed by atoms with Crippen LogP contribution in [0.2, 0.25) is 5.02 Å². The largest absolute Gasteiger partial charge is 0.445 e. The van der Waals surface area contributed by atoms with Crippen molar-refractivity contribution in [1.29, 1.82) is 5.26 Å². The Morgan fingerprint density at radius 1 is 1.40 bits per heavy atom. The van der Waals surface area contributed by atoms with Gasteiger partial charge in [0.1, 0.15) is 11.7 Å². The van der Waals surface area contributed by atoms with Crippen LogP contribution in [0.4, 0.5) is 0 Å². The highest BCUT2D eigenvalue weighted by Crippen LogP contribution is 2.32. The summed E-state index contributed by atoms with van der Waals surface area (Å²) in [6.07, 6.45) is 0. The number of furan rings is 1. The Kier molecular flexibility index (Phi) is 2.42. The zero-order valence-electron chi connectivity index (χ0n) is 8.54. The van der Waals surface area contributed by atoms with E-state index in [9.17, 15) is 0 Å². The molecule has 0 unspecified atom stereocenters. The third-order valence-electron chi connectivity index (χ3n) is 2.37. The molecule has 0 N–H and O–H groups in total. The first kappa shape index (κ1) is 10.1. The number of rotatable bonds is 1. The normalized spacial score (nSPS) is 10.9. The summed E-state index contributed by atoms with van der Waals surface area (Å²) in [5.41, 5.74) is 1.66. The van der Waals surface area contributed by atoms with Gasteiger partial charge < -0.3 is 4.42 Å². The van der Waals surface area contributed by atoms with Crippen molar-refractivity contribution >= 4 is 22.6 Å². The second kappa shape index (κ2) is 3.60. The van der Waals surface area contributed by atoms with Crippen molar-refractivity contribution < 1.29 is 4.42 Å². The lowest BCUT2D eigenvalue weighted by Crippen LogP contribution is -1.88. The first-order valence-corrected chi connectivity index (χ1v) is 5.13. The fraction of sp³-hybridized carbons (Fsp3) is 0.250. The highest BCUT2D eigenvalue weighted by Gasteiger charge is 2.16. The summed E-state index contributed by atoms with van der Waals surface area (Å²) in [7, 11) is 0. The smallest absolute Gasteiger partial charge is 0.208 e. The molecule has 0 spiro atoms. The van der Waals surface area contributed by atoms with E-state index >= 15 is 0 Å². The second-order valence-electron chi connectivity index (χ2n) is 3.75. The second-order valence-corrected chi connectivity index (χ2v) is 4.19. The van der Waals surface area contributed by atoms with Crippen molar-refractivity contribution in [3.05, 3.63) is 34.5 Å². The molecule has 3 heteroatoms. The van der Waals surface area contributed by atoms with Crippen molar-refractivity contribution in [2.24, 2.45) is 0 Å². The van der Waals surface area contributed by atoms with Crippen LogP contribution in [-0.2, 0) is 0 Å². The average Bonchev–Trinajstić information content (AvgIpc) is 2.55. The van der Waals surface area contributed by atoms with Gasteiger partial charge in [0.2, 0.25) is 5.76 Å². The molecule has 15 heavy (non-hydrogen) atoms. The van der Waals surface area contributed by atoms with E-state index in [-0.39, 0.29) is 5.92 Å². The number of nitriles is 1. The Bertz CT molecular complexity index is 548. The van der Waals surface area contributed by atoms with Crippen molar-refractivity contribution in [2.45, 2.75) is 19.8 Å². The molecule has 0 radical (unpaired) electrons. The van der Waals surface area contributed by atoms with Gasteiger partial charge in [-0.05, 0) is 24.1 Å². The first-order valence-electron chi connectivity index (χ1n) is 4.75. The maximum Gasteiger partial charge on any atom is 0.208 e. The summed E-state index contributed by atoms with van der Waals surface area (Å²) >= 11 is 5.92. The highest BCUT2D eigenvalue weighted by molar-refractivity contribution is 6.31. The predicted octanol–water partition coefficient (Wildman–Crippen LogP) is 4.08. The SMILES string of the molecule is CC(C)c1c(C#N)oc2ccc(Cl)cc12. The standard InChI is InChI=1S/C12H10ClNO/c1-7(2)12-9-5-8(13)3-4-10(9)15-11(12)6-14/h3-5,7H,1-2H3. The summed E-state index contributed by atoms with van der Waals surface area (Å²) in [5.74, 6) is 0.640. The molecule has 1 heterocycles. The zero-order chi connectivity index (χ0) is 11.0. The predicted molar refractivity (Wildman–Crippen MR) is 60.0 cm³/mol. The van der Waals surface area contributed by atoms with Crippen LogP contribution < -0.4 is 0 Å². The van der Waals surface area contributed by atoms with E-state index in [0.717, 1.165) is 16.5 Å². The monoisotopic (exact) mass is 219 g/mol. The van der Waals surface area contributed by atoms with Gasteiger partial charge in [0, 0.05) is 16.0 Å². The summed E-state index contributed by atoms with van der Waals surface area (Å²) < 4.78 is 5.44. The minimum Gasteiger partial charge on any atom is -0.445 e. The fourth-order valence-electron chi connectivity index (χ4n) is 1.75. The maximum absolute atomic E-state index is 8.96. The van der Waals surface area contributed by atoms with E-state index < -0.39 is 0 Å². The van der Waals surface area contributed by atoms with Crippen molar-refractivity contribution in [2.75, 3.05) is 0 Å². The van der Waals surface area contributed by atoms with Gasteiger partial charge in [0.15, 0.2) is 0 Å². The lowest BCUT2D eigenvalue weighted by atomic mass is 10.00. The Morgan fingerprint density at radius 2 is 2.13 bits per heavy atom. The number of hydrogen-bond acceptors (Lipinski definition) is 2. The van der Waals surface area contributed by atoms with Crippen LogP contribution >= 0.6 is 11.6 Å². The first-order chi connectivity index (χ1) is 7.13. The molecule has 0 atom stereocenters. The van der Waals surface area contributed by atoms with E-state index in [2.05, 4.69) is 6.07 Å².